The average Bonchev–Trinajstić information content (AvgIpc) is 2.99. The highest BCUT2D eigenvalue weighted by Gasteiger charge is 2.61. The normalized spacial score (nSPS) is 30.0. The molecule has 148 valence electrons. The van der Waals surface area contributed by atoms with Crippen LogP contribution in [0.15, 0.2) is 35.0 Å². The number of nitrogens with one attached hydrogen (secondary N) is 1. The number of nitrogens with two attached hydrogens (primary N) is 1. The number of nitrogen functional groups attached to an aromatic ring is 1. The molecule has 3 unspecified atom stereocenters. The number of benzene rings is 1. The molecular formula is C20H25N5O3. The molecule has 1 amide bonds. The topological polar surface area (TPSA) is 92.4 Å². The van der Waals surface area contributed by atoms with E-state index in [-0.39, 0.29) is 18.4 Å². The molecule has 3 fully saturated rings. The molecule has 8 heteroatoms. The van der Waals surface area contributed by atoms with E-state index in [0.717, 1.165) is 29.8 Å². The number of aliphatic imine (C=N–C) groups is 1. The second-order valence-corrected chi connectivity index (χ2v) is 8.66. The molecule has 5 aliphatic rings. The predicted molar refractivity (Wildman–Crippen MR) is 105 cm³/mol. The zero-order valence-electron chi connectivity index (χ0n) is 16.3. The fraction of sp³-hybridized carbons (Fsp3) is 0.500. The van der Waals surface area contributed by atoms with Crippen LogP contribution in [0, 0.1) is 0 Å². The van der Waals surface area contributed by atoms with Gasteiger partial charge in [0.25, 0.3) is 0 Å². The van der Waals surface area contributed by atoms with Gasteiger partial charge in [0.1, 0.15) is 5.60 Å². The van der Waals surface area contributed by atoms with Crippen LogP contribution in [0.1, 0.15) is 45.3 Å². The van der Waals surface area contributed by atoms with E-state index in [1.165, 1.54) is 0 Å². The van der Waals surface area contributed by atoms with E-state index in [9.17, 15) is 4.79 Å². The molecule has 0 saturated carbocycles. The van der Waals surface area contributed by atoms with Crippen molar-refractivity contribution >= 4 is 23.7 Å². The van der Waals surface area contributed by atoms with Gasteiger partial charge in [-0.2, -0.15) is 0 Å². The third-order valence-corrected chi connectivity index (χ3v) is 5.59. The van der Waals surface area contributed by atoms with Gasteiger partial charge in [0.15, 0.2) is 11.9 Å². The van der Waals surface area contributed by atoms with E-state index in [1.54, 1.807) is 11.1 Å². The Morgan fingerprint density at radius 3 is 2.96 bits per heavy atom. The largest absolute Gasteiger partial charge is 0.444 e. The number of hydrogen-bond donors (Lipinski definition) is 2. The van der Waals surface area contributed by atoms with E-state index < -0.39 is 11.3 Å². The van der Waals surface area contributed by atoms with Crippen LogP contribution in [0.25, 0.3) is 0 Å². The Bertz CT molecular complexity index is 898. The fourth-order valence-corrected chi connectivity index (χ4v) is 4.44. The minimum absolute atomic E-state index is 0.159. The lowest BCUT2D eigenvalue weighted by Crippen LogP contribution is -2.71. The summed E-state index contributed by atoms with van der Waals surface area (Å²) in [5.74, 6) is 0. The summed E-state index contributed by atoms with van der Waals surface area (Å²) in [6.07, 6.45) is 4.75. The lowest BCUT2D eigenvalue weighted by molar-refractivity contribution is -0.289. The van der Waals surface area contributed by atoms with Gasteiger partial charge < -0.3 is 15.2 Å². The van der Waals surface area contributed by atoms with E-state index in [2.05, 4.69) is 10.4 Å². The lowest BCUT2D eigenvalue weighted by atomic mass is 9.85. The number of ether oxygens (including phenoxy) is 2. The molecule has 6 rings (SSSR count). The van der Waals surface area contributed by atoms with Gasteiger partial charge in [-0.15, -0.1) is 0 Å². The third-order valence-electron chi connectivity index (χ3n) is 5.59. The van der Waals surface area contributed by atoms with Crippen molar-refractivity contribution in [2.75, 3.05) is 17.7 Å². The van der Waals surface area contributed by atoms with Crippen molar-refractivity contribution in [3.05, 3.63) is 35.5 Å². The Kier molecular flexibility index (Phi) is 3.49. The van der Waals surface area contributed by atoms with Crippen molar-refractivity contribution in [1.82, 2.24) is 9.91 Å². The van der Waals surface area contributed by atoms with Crippen molar-refractivity contribution in [3.63, 3.8) is 0 Å². The summed E-state index contributed by atoms with van der Waals surface area (Å²) in [7, 11) is 0. The first-order valence-corrected chi connectivity index (χ1v) is 9.65. The summed E-state index contributed by atoms with van der Waals surface area (Å²) in [4.78, 5) is 19.3. The van der Waals surface area contributed by atoms with Gasteiger partial charge in [0, 0.05) is 30.4 Å². The molecule has 8 nitrogen and oxygen atoms in total. The van der Waals surface area contributed by atoms with Gasteiger partial charge >= 0.3 is 6.09 Å². The van der Waals surface area contributed by atoms with Crippen LogP contribution in [0.3, 0.4) is 0 Å². The zero-order valence-corrected chi connectivity index (χ0v) is 16.3. The number of amides is 1. The monoisotopic (exact) mass is 383 g/mol. The summed E-state index contributed by atoms with van der Waals surface area (Å²) >= 11 is 0. The number of hydrazine groups is 1. The van der Waals surface area contributed by atoms with Crippen LogP contribution >= 0.6 is 0 Å². The lowest BCUT2D eigenvalue weighted by Gasteiger charge is -2.60. The first-order valence-electron chi connectivity index (χ1n) is 9.65. The van der Waals surface area contributed by atoms with E-state index in [1.807, 2.05) is 50.1 Å². The van der Waals surface area contributed by atoms with Crippen LogP contribution in [-0.4, -0.2) is 46.2 Å². The Morgan fingerprint density at radius 2 is 2.21 bits per heavy atom. The number of nitrogens with zero attached hydrogens (tertiary/aromatic N) is 3. The van der Waals surface area contributed by atoms with E-state index >= 15 is 0 Å². The zero-order chi connectivity index (χ0) is 19.7. The summed E-state index contributed by atoms with van der Waals surface area (Å²) in [5.41, 5.74) is 11.6. The van der Waals surface area contributed by atoms with E-state index in [0.29, 0.717) is 12.2 Å². The minimum Gasteiger partial charge on any atom is -0.444 e. The van der Waals surface area contributed by atoms with Gasteiger partial charge in [-0.25, -0.2) is 4.79 Å². The van der Waals surface area contributed by atoms with Gasteiger partial charge in [0.2, 0.25) is 0 Å². The van der Waals surface area contributed by atoms with Crippen molar-refractivity contribution in [3.8, 4) is 0 Å². The smallest absolute Gasteiger partial charge is 0.412 e. The number of rotatable bonds is 1. The van der Waals surface area contributed by atoms with E-state index in [4.69, 9.17) is 15.2 Å². The summed E-state index contributed by atoms with van der Waals surface area (Å²) in [6.45, 7) is 6.21. The molecule has 5 heterocycles. The predicted octanol–water partition coefficient (Wildman–Crippen LogP) is 3.00. The molecule has 3 atom stereocenters. The highest BCUT2D eigenvalue weighted by molar-refractivity contribution is 5.79. The Balaban J connectivity index is 1.50. The Morgan fingerprint density at radius 1 is 1.43 bits per heavy atom. The second kappa shape index (κ2) is 5.64. The first-order chi connectivity index (χ1) is 13.3. The highest BCUT2D eigenvalue weighted by Crippen LogP contribution is 2.53. The molecule has 28 heavy (non-hydrogen) atoms. The molecule has 0 spiro atoms. The number of carbonyl (C=O) groups is 1. The maximum Gasteiger partial charge on any atom is 0.412 e. The molecule has 1 aromatic carbocycles. The Hall–Kier alpha value is -2.74. The molecule has 0 aliphatic carbocycles. The first kappa shape index (κ1) is 17.4. The molecule has 0 aromatic heterocycles. The SMILES string of the molecule is CC(C)(C)OC(=O)N1CCC2CC1(C1=CC=NC3c4c(N)cccc4NN13)O2. The average molecular weight is 383 g/mol. The maximum atomic E-state index is 13.0. The van der Waals surface area contributed by atoms with Crippen LogP contribution in [0.4, 0.5) is 16.2 Å². The van der Waals surface area contributed by atoms with Crippen LogP contribution < -0.4 is 11.2 Å². The number of allylic oxidation sites excluding steroid dienone is 1. The van der Waals surface area contributed by atoms with Gasteiger partial charge in [-0.05, 0) is 45.4 Å². The number of fused-ring (bicyclic) bond motifs is 5. The quantitative estimate of drug-likeness (QED) is 0.724. The molecule has 2 bridgehead atoms. The number of piperidine rings is 1. The molecular weight excluding hydrogens is 358 g/mol. The Labute approximate surface area is 163 Å². The summed E-state index contributed by atoms with van der Waals surface area (Å²) in [6, 6.07) is 5.76. The van der Waals surface area contributed by atoms with Crippen LogP contribution in [0.2, 0.25) is 0 Å². The highest BCUT2D eigenvalue weighted by atomic mass is 16.6. The molecule has 0 radical (unpaired) electrons. The number of hydrogen-bond acceptors (Lipinski definition) is 7. The molecule has 3 N–H and O–H groups in total. The van der Waals surface area contributed by atoms with Gasteiger partial charge in [-0.3, -0.25) is 20.3 Å². The van der Waals surface area contributed by atoms with Crippen molar-refractivity contribution < 1.29 is 14.3 Å². The standard InChI is InChI=1S/C20H25N5O3/c1-19(2,3)28-18(26)24-10-8-12-11-20(24,27-12)15-7-9-22-17-16-13(21)5-4-6-14(16)23-25(15)17/h4-7,9,12,17,23H,8,10-11,21H2,1-3H3. The summed E-state index contributed by atoms with van der Waals surface area (Å²) in [5, 5.41) is 1.96. The molecule has 5 aliphatic heterocycles. The minimum atomic E-state index is -0.847. The number of carbonyl (C=O) groups excluding carboxylic acids is 1. The van der Waals surface area contributed by atoms with Crippen molar-refractivity contribution in [1.29, 1.82) is 0 Å². The molecule has 1 aromatic rings. The van der Waals surface area contributed by atoms with Crippen LogP contribution in [0.5, 0.6) is 0 Å². The number of anilines is 2. The van der Waals surface area contributed by atoms with Gasteiger partial charge in [-0.1, -0.05) is 6.07 Å². The van der Waals surface area contributed by atoms with Gasteiger partial charge in [0.05, 0.1) is 17.5 Å². The third kappa shape index (κ3) is 2.40. The van der Waals surface area contributed by atoms with Crippen LogP contribution in [-0.2, 0) is 9.47 Å². The summed E-state index contributed by atoms with van der Waals surface area (Å²) < 4.78 is 11.9. The second-order valence-electron chi connectivity index (χ2n) is 8.66. The molecule has 3 saturated heterocycles. The van der Waals surface area contributed by atoms with Crippen molar-refractivity contribution in [2.24, 2.45) is 4.99 Å². The maximum absolute atomic E-state index is 13.0. The van der Waals surface area contributed by atoms with Crippen molar-refractivity contribution in [2.45, 2.75) is 57.2 Å². The fourth-order valence-electron chi connectivity index (χ4n) is 4.44.